The Kier molecular flexibility index (Phi) is 4.99. The second-order valence-corrected chi connectivity index (χ2v) is 6.01. The number of pyridine rings is 1. The lowest BCUT2D eigenvalue weighted by Gasteiger charge is -2.22. The van der Waals surface area contributed by atoms with Crippen molar-refractivity contribution < 1.29 is 0 Å². The van der Waals surface area contributed by atoms with E-state index in [2.05, 4.69) is 79.1 Å². The lowest BCUT2D eigenvalue weighted by atomic mass is 10.2. The van der Waals surface area contributed by atoms with Crippen molar-refractivity contribution in [2.24, 2.45) is 0 Å². The Labute approximate surface area is 131 Å². The molecule has 0 spiro atoms. The van der Waals surface area contributed by atoms with Gasteiger partial charge < -0.3 is 4.90 Å². The molecule has 100 valence electrons. The monoisotopic (exact) mass is 382 g/mol. The quantitative estimate of drug-likeness (QED) is 0.712. The molecule has 0 N–H and O–H groups in total. The molecule has 0 aliphatic heterocycles. The minimum Gasteiger partial charge on any atom is -0.368 e. The zero-order valence-corrected chi connectivity index (χ0v) is 14.2. The van der Waals surface area contributed by atoms with Crippen LogP contribution in [0, 0.1) is 6.92 Å². The molecule has 0 saturated heterocycles. The van der Waals surface area contributed by atoms with Gasteiger partial charge in [-0.25, -0.2) is 0 Å². The SMILES string of the molecule is Cc1cccc(CN(C)c2ccc(Br)cc2CBr)n1. The second-order valence-electron chi connectivity index (χ2n) is 4.53. The number of nitrogens with zero attached hydrogens (tertiary/aromatic N) is 2. The largest absolute Gasteiger partial charge is 0.368 e. The highest BCUT2D eigenvalue weighted by Crippen LogP contribution is 2.26. The maximum absolute atomic E-state index is 4.55. The molecule has 0 fully saturated rings. The van der Waals surface area contributed by atoms with Gasteiger partial charge in [0, 0.05) is 28.2 Å². The van der Waals surface area contributed by atoms with E-state index in [0.29, 0.717) is 0 Å². The predicted octanol–water partition coefficient (Wildman–Crippen LogP) is 4.68. The molecular formula is C15H16Br2N2. The average molecular weight is 384 g/mol. The van der Waals surface area contributed by atoms with E-state index in [1.54, 1.807) is 0 Å². The van der Waals surface area contributed by atoms with E-state index in [1.165, 1.54) is 11.3 Å². The van der Waals surface area contributed by atoms with Gasteiger partial charge in [0.1, 0.15) is 0 Å². The standard InChI is InChI=1S/C15H16Br2N2/c1-11-4-3-5-14(18-11)10-19(2)15-7-6-13(17)8-12(15)9-16/h3-8H,9-10H2,1-2H3. The molecule has 2 rings (SSSR count). The van der Waals surface area contributed by atoms with Crippen LogP contribution in [0.25, 0.3) is 0 Å². The van der Waals surface area contributed by atoms with Crippen LogP contribution in [-0.4, -0.2) is 12.0 Å². The van der Waals surface area contributed by atoms with Crippen LogP contribution in [0.2, 0.25) is 0 Å². The molecule has 1 heterocycles. The topological polar surface area (TPSA) is 16.1 Å². The molecule has 1 aromatic carbocycles. The van der Waals surface area contributed by atoms with Crippen molar-refractivity contribution >= 4 is 37.5 Å². The Morgan fingerprint density at radius 3 is 2.68 bits per heavy atom. The van der Waals surface area contributed by atoms with E-state index < -0.39 is 0 Å². The average Bonchev–Trinajstić information content (AvgIpc) is 2.38. The summed E-state index contributed by atoms with van der Waals surface area (Å²) in [6.45, 7) is 2.83. The molecule has 0 bridgehead atoms. The van der Waals surface area contributed by atoms with Crippen LogP contribution >= 0.6 is 31.9 Å². The summed E-state index contributed by atoms with van der Waals surface area (Å²) >= 11 is 7.06. The molecule has 2 aromatic rings. The van der Waals surface area contributed by atoms with Gasteiger partial charge in [0.05, 0.1) is 12.2 Å². The summed E-state index contributed by atoms with van der Waals surface area (Å²) in [4.78, 5) is 6.78. The van der Waals surface area contributed by atoms with Crippen molar-refractivity contribution in [3.05, 3.63) is 57.8 Å². The first kappa shape index (κ1) is 14.5. The highest BCUT2D eigenvalue weighted by atomic mass is 79.9. The number of aromatic nitrogens is 1. The summed E-state index contributed by atoms with van der Waals surface area (Å²) in [5.74, 6) is 0. The van der Waals surface area contributed by atoms with E-state index >= 15 is 0 Å². The second kappa shape index (κ2) is 6.53. The van der Waals surface area contributed by atoms with Crippen LogP contribution in [0.3, 0.4) is 0 Å². The van der Waals surface area contributed by atoms with Gasteiger partial charge in [0.25, 0.3) is 0 Å². The van der Waals surface area contributed by atoms with E-state index in [0.717, 1.165) is 27.7 Å². The fourth-order valence-electron chi connectivity index (χ4n) is 2.05. The third kappa shape index (κ3) is 3.80. The molecule has 2 nitrogen and oxygen atoms in total. The Hall–Kier alpha value is -0.870. The van der Waals surface area contributed by atoms with Crippen molar-refractivity contribution in [3.8, 4) is 0 Å². The molecule has 0 radical (unpaired) electrons. The highest BCUT2D eigenvalue weighted by molar-refractivity contribution is 9.10. The highest BCUT2D eigenvalue weighted by Gasteiger charge is 2.08. The zero-order chi connectivity index (χ0) is 13.8. The number of anilines is 1. The van der Waals surface area contributed by atoms with Crippen LogP contribution in [0.1, 0.15) is 17.0 Å². The minimum absolute atomic E-state index is 0.809. The molecule has 4 heteroatoms. The van der Waals surface area contributed by atoms with Gasteiger partial charge in [0.15, 0.2) is 0 Å². The summed E-state index contributed by atoms with van der Waals surface area (Å²) < 4.78 is 1.10. The van der Waals surface area contributed by atoms with E-state index in [1.807, 2.05) is 13.0 Å². The summed E-state index contributed by atoms with van der Waals surface area (Å²) in [7, 11) is 2.10. The fraction of sp³-hybridized carbons (Fsp3) is 0.267. The van der Waals surface area contributed by atoms with Gasteiger partial charge in [-0.15, -0.1) is 0 Å². The number of rotatable bonds is 4. The Morgan fingerprint density at radius 1 is 1.21 bits per heavy atom. The molecule has 0 unspecified atom stereocenters. The molecule has 0 saturated carbocycles. The normalized spacial score (nSPS) is 10.5. The maximum Gasteiger partial charge on any atom is 0.0600 e. The summed E-state index contributed by atoms with van der Waals surface area (Å²) in [5, 5.41) is 0.841. The van der Waals surface area contributed by atoms with Crippen molar-refractivity contribution in [1.29, 1.82) is 0 Å². The van der Waals surface area contributed by atoms with Gasteiger partial charge in [-0.1, -0.05) is 37.9 Å². The zero-order valence-electron chi connectivity index (χ0n) is 11.0. The maximum atomic E-state index is 4.55. The van der Waals surface area contributed by atoms with E-state index in [9.17, 15) is 0 Å². The van der Waals surface area contributed by atoms with Crippen LogP contribution in [0.4, 0.5) is 5.69 Å². The van der Waals surface area contributed by atoms with Crippen molar-refractivity contribution in [3.63, 3.8) is 0 Å². The van der Waals surface area contributed by atoms with Crippen molar-refractivity contribution in [2.45, 2.75) is 18.8 Å². The molecule has 0 amide bonds. The van der Waals surface area contributed by atoms with Crippen LogP contribution < -0.4 is 4.90 Å². The molecule has 0 aliphatic carbocycles. The van der Waals surface area contributed by atoms with Gasteiger partial charge >= 0.3 is 0 Å². The molecule has 0 aliphatic rings. The van der Waals surface area contributed by atoms with Gasteiger partial charge in [-0.3, -0.25) is 4.98 Å². The Morgan fingerprint density at radius 2 is 2.00 bits per heavy atom. The summed E-state index contributed by atoms with van der Waals surface area (Å²) in [6, 6.07) is 12.5. The van der Waals surface area contributed by atoms with Crippen LogP contribution in [0.15, 0.2) is 40.9 Å². The predicted molar refractivity (Wildman–Crippen MR) is 87.9 cm³/mol. The Bertz CT molecular complexity index is 570. The number of aryl methyl sites for hydroxylation is 1. The van der Waals surface area contributed by atoms with Gasteiger partial charge in [-0.05, 0) is 42.8 Å². The molecule has 0 atom stereocenters. The summed E-state index contributed by atoms with van der Waals surface area (Å²) in [6.07, 6.45) is 0. The fourth-order valence-corrected chi connectivity index (χ4v) is 2.91. The molecular weight excluding hydrogens is 368 g/mol. The number of hydrogen-bond acceptors (Lipinski definition) is 2. The first-order valence-corrected chi connectivity index (χ1v) is 7.99. The smallest absolute Gasteiger partial charge is 0.0600 e. The first-order valence-electron chi connectivity index (χ1n) is 6.08. The third-order valence-electron chi connectivity index (χ3n) is 2.94. The van der Waals surface area contributed by atoms with Crippen molar-refractivity contribution in [1.82, 2.24) is 4.98 Å². The first-order chi connectivity index (χ1) is 9.10. The lowest BCUT2D eigenvalue weighted by molar-refractivity contribution is 0.872. The van der Waals surface area contributed by atoms with E-state index in [-0.39, 0.29) is 0 Å². The van der Waals surface area contributed by atoms with Crippen LogP contribution in [-0.2, 0) is 11.9 Å². The molecule has 19 heavy (non-hydrogen) atoms. The van der Waals surface area contributed by atoms with E-state index in [4.69, 9.17) is 0 Å². The summed E-state index contributed by atoms with van der Waals surface area (Å²) in [5.41, 5.74) is 4.64. The minimum atomic E-state index is 0.809. The molecule has 1 aromatic heterocycles. The Balaban J connectivity index is 2.22. The number of benzene rings is 1. The van der Waals surface area contributed by atoms with Crippen LogP contribution in [0.5, 0.6) is 0 Å². The van der Waals surface area contributed by atoms with Gasteiger partial charge in [0.2, 0.25) is 0 Å². The number of halogens is 2. The third-order valence-corrected chi connectivity index (χ3v) is 4.04. The number of hydrogen-bond donors (Lipinski definition) is 0. The van der Waals surface area contributed by atoms with Gasteiger partial charge in [-0.2, -0.15) is 0 Å². The lowest BCUT2D eigenvalue weighted by Crippen LogP contribution is -2.18. The van der Waals surface area contributed by atoms with Crippen molar-refractivity contribution in [2.75, 3.05) is 11.9 Å². The number of alkyl halides is 1.